The summed E-state index contributed by atoms with van der Waals surface area (Å²) in [4.78, 5) is 19.2. The molecule has 0 saturated carbocycles. The Morgan fingerprint density at radius 1 is 0.482 bits per heavy atom. The highest BCUT2D eigenvalue weighted by Crippen LogP contribution is 2.53. The first-order valence-electron chi connectivity index (χ1n) is 19.6. The summed E-state index contributed by atoms with van der Waals surface area (Å²) in [6.45, 7) is 13.3. The zero-order valence-electron chi connectivity index (χ0n) is 32.8. The SMILES string of the molecule is CC.CC1(C)c2ccccc2N(c2ccc(C3=C(c4ccc(N5c6ccccc6C(C)(C)c6ccccc65)cc4)NC4N=CC=NC4=N3)cc2)c2ccccc21. The van der Waals surface area contributed by atoms with Crippen LogP contribution in [-0.4, -0.2) is 24.4 Å². The molecule has 1 N–H and O–H groups in total. The second-order valence-electron chi connectivity index (χ2n) is 15.4. The summed E-state index contributed by atoms with van der Waals surface area (Å²) >= 11 is 0. The summed E-state index contributed by atoms with van der Waals surface area (Å²) in [6, 6.07) is 52.6. The molecule has 0 fully saturated rings. The Hall–Kier alpha value is -6.53. The minimum Gasteiger partial charge on any atom is -0.355 e. The molecule has 0 spiro atoms. The molecule has 6 aromatic carbocycles. The molecule has 1 atom stereocenters. The molecule has 0 saturated heterocycles. The molecule has 10 rings (SSSR count). The summed E-state index contributed by atoms with van der Waals surface area (Å²) in [5, 5.41) is 3.69. The number of aliphatic imine (C=N–C) groups is 3. The van der Waals surface area contributed by atoms with Crippen LogP contribution in [0.15, 0.2) is 161 Å². The standard InChI is InChI=1S/C48H40N6.C2H6/c1-47(2)35-13-5-9-17-39(35)53(40-18-10-6-14-36(40)47)33-25-21-31(22-26-33)43-44(52-46-45(51-43)49-29-30-50-46)32-23-27-34(28-24-32)54-41-19-11-7-15-37(41)48(3,4)38-16-8-12-20-42(38)54;1-2/h5-30,45,51H,1-4H3;1-2H3. The van der Waals surface area contributed by atoms with E-state index < -0.39 is 0 Å². The Kier molecular flexibility index (Phi) is 8.57. The molecule has 4 aliphatic heterocycles. The van der Waals surface area contributed by atoms with E-state index in [0.717, 1.165) is 33.9 Å². The van der Waals surface area contributed by atoms with E-state index in [2.05, 4.69) is 198 Å². The molecule has 4 aliphatic rings. The Bertz CT molecular complexity index is 2490. The quantitative estimate of drug-likeness (QED) is 0.196. The fourth-order valence-corrected chi connectivity index (χ4v) is 8.81. The molecule has 0 radical (unpaired) electrons. The lowest BCUT2D eigenvalue weighted by molar-refractivity contribution is 0.631. The maximum absolute atomic E-state index is 5.15. The molecule has 56 heavy (non-hydrogen) atoms. The first-order valence-corrected chi connectivity index (χ1v) is 19.6. The van der Waals surface area contributed by atoms with E-state index in [1.165, 1.54) is 45.0 Å². The maximum Gasteiger partial charge on any atom is 0.179 e. The van der Waals surface area contributed by atoms with Crippen molar-refractivity contribution in [1.82, 2.24) is 5.32 Å². The summed E-state index contributed by atoms with van der Waals surface area (Å²) in [5.41, 5.74) is 15.8. The van der Waals surface area contributed by atoms with Crippen LogP contribution in [0.3, 0.4) is 0 Å². The summed E-state index contributed by atoms with van der Waals surface area (Å²) < 4.78 is 0. The Morgan fingerprint density at radius 3 is 1.30 bits per heavy atom. The Labute approximate surface area is 330 Å². The van der Waals surface area contributed by atoms with Crippen LogP contribution in [0, 0.1) is 0 Å². The lowest BCUT2D eigenvalue weighted by atomic mass is 9.73. The second kappa shape index (κ2) is 13.6. The van der Waals surface area contributed by atoms with Gasteiger partial charge in [0, 0.05) is 45.8 Å². The van der Waals surface area contributed by atoms with E-state index in [-0.39, 0.29) is 17.0 Å². The lowest BCUT2D eigenvalue weighted by Crippen LogP contribution is -2.38. The monoisotopic (exact) mass is 730 g/mol. The van der Waals surface area contributed by atoms with E-state index in [4.69, 9.17) is 4.99 Å². The van der Waals surface area contributed by atoms with Gasteiger partial charge >= 0.3 is 0 Å². The predicted molar refractivity (Wildman–Crippen MR) is 236 cm³/mol. The van der Waals surface area contributed by atoms with Crippen LogP contribution in [0.25, 0.3) is 11.4 Å². The predicted octanol–water partition coefficient (Wildman–Crippen LogP) is 12.2. The fraction of sp³-hybridized carbons (Fsp3) is 0.180. The van der Waals surface area contributed by atoms with E-state index in [1.807, 2.05) is 13.8 Å². The largest absolute Gasteiger partial charge is 0.355 e. The van der Waals surface area contributed by atoms with Crippen LogP contribution < -0.4 is 15.1 Å². The fourth-order valence-electron chi connectivity index (χ4n) is 8.81. The van der Waals surface area contributed by atoms with Crippen molar-refractivity contribution < 1.29 is 0 Å². The van der Waals surface area contributed by atoms with Gasteiger partial charge in [0.1, 0.15) is 0 Å². The van der Waals surface area contributed by atoms with Gasteiger partial charge in [-0.25, -0.2) is 9.98 Å². The average Bonchev–Trinajstić information content (AvgIpc) is 3.25. The van der Waals surface area contributed by atoms with Gasteiger partial charge in [0.2, 0.25) is 0 Å². The van der Waals surface area contributed by atoms with Crippen molar-refractivity contribution in [3.05, 3.63) is 179 Å². The van der Waals surface area contributed by atoms with Crippen molar-refractivity contribution in [3.8, 4) is 0 Å². The van der Waals surface area contributed by atoms with Crippen molar-refractivity contribution in [2.45, 2.75) is 58.5 Å². The molecule has 276 valence electrons. The van der Waals surface area contributed by atoms with Gasteiger partial charge in [0.15, 0.2) is 12.0 Å². The van der Waals surface area contributed by atoms with Crippen LogP contribution in [0.1, 0.15) is 74.9 Å². The van der Waals surface area contributed by atoms with E-state index in [0.29, 0.717) is 5.84 Å². The number of rotatable bonds is 4. The van der Waals surface area contributed by atoms with Gasteiger partial charge in [0.05, 0.1) is 34.1 Å². The Morgan fingerprint density at radius 2 is 0.875 bits per heavy atom. The van der Waals surface area contributed by atoms with Gasteiger partial charge in [0.25, 0.3) is 0 Å². The highest BCUT2D eigenvalue weighted by molar-refractivity contribution is 6.23. The van der Waals surface area contributed by atoms with Crippen LogP contribution in [-0.2, 0) is 10.8 Å². The molecule has 6 nitrogen and oxygen atoms in total. The molecule has 6 heteroatoms. The van der Waals surface area contributed by atoms with Crippen molar-refractivity contribution in [1.29, 1.82) is 0 Å². The summed E-state index contributed by atoms with van der Waals surface area (Å²) in [7, 11) is 0. The number of hydrogen-bond acceptors (Lipinski definition) is 6. The third-order valence-corrected chi connectivity index (χ3v) is 11.6. The van der Waals surface area contributed by atoms with Gasteiger partial charge in [-0.1, -0.05) is 139 Å². The summed E-state index contributed by atoms with van der Waals surface area (Å²) in [6.07, 6.45) is 3.10. The van der Waals surface area contributed by atoms with Crippen LogP contribution in [0.5, 0.6) is 0 Å². The van der Waals surface area contributed by atoms with E-state index >= 15 is 0 Å². The van der Waals surface area contributed by atoms with Crippen LogP contribution in [0.2, 0.25) is 0 Å². The molecule has 1 unspecified atom stereocenters. The molecule has 0 aliphatic carbocycles. The third-order valence-electron chi connectivity index (χ3n) is 11.6. The number of para-hydroxylation sites is 4. The summed E-state index contributed by atoms with van der Waals surface area (Å²) in [5.74, 6) is 0.655. The Balaban J connectivity index is 0.00000202. The smallest absolute Gasteiger partial charge is 0.179 e. The molecule has 0 aromatic heterocycles. The highest BCUT2D eigenvalue weighted by atomic mass is 15.2. The number of fused-ring (bicyclic) bond motifs is 5. The lowest BCUT2D eigenvalue weighted by Gasteiger charge is -2.42. The van der Waals surface area contributed by atoms with Crippen LogP contribution in [0.4, 0.5) is 34.1 Å². The average molecular weight is 731 g/mol. The van der Waals surface area contributed by atoms with Crippen molar-refractivity contribution in [3.63, 3.8) is 0 Å². The van der Waals surface area contributed by atoms with Gasteiger partial charge in [-0.05, 0) is 70.8 Å². The minimum absolute atomic E-state index is 0.110. The molecule has 4 heterocycles. The normalized spacial score (nSPS) is 17.9. The number of nitrogens with one attached hydrogen (secondary N) is 1. The molecular weight excluding hydrogens is 685 g/mol. The van der Waals surface area contributed by atoms with Crippen molar-refractivity contribution >= 4 is 63.8 Å². The van der Waals surface area contributed by atoms with Crippen LogP contribution >= 0.6 is 0 Å². The van der Waals surface area contributed by atoms with Crippen molar-refractivity contribution in [2.75, 3.05) is 9.80 Å². The number of hydrogen-bond donors (Lipinski definition) is 1. The number of nitrogens with zero attached hydrogens (tertiary/aromatic N) is 5. The minimum atomic E-state index is -0.347. The zero-order valence-corrected chi connectivity index (χ0v) is 32.8. The second-order valence-corrected chi connectivity index (χ2v) is 15.4. The van der Waals surface area contributed by atoms with Gasteiger partial charge < -0.3 is 15.1 Å². The number of amidine groups is 1. The zero-order chi connectivity index (χ0) is 38.6. The van der Waals surface area contributed by atoms with Gasteiger partial charge in [-0.15, -0.1) is 0 Å². The third kappa shape index (κ3) is 5.50. The molecule has 0 bridgehead atoms. The topological polar surface area (TPSA) is 55.6 Å². The first-order chi connectivity index (χ1) is 27.3. The van der Waals surface area contributed by atoms with Gasteiger partial charge in [-0.3, -0.25) is 4.99 Å². The number of benzene rings is 6. The van der Waals surface area contributed by atoms with E-state index in [9.17, 15) is 0 Å². The highest BCUT2D eigenvalue weighted by Gasteiger charge is 2.38. The molecular formula is C50H46N6. The molecule has 0 amide bonds. The first kappa shape index (κ1) is 35.2. The van der Waals surface area contributed by atoms with Gasteiger partial charge in [-0.2, -0.15) is 0 Å². The maximum atomic E-state index is 5.15. The molecule has 6 aromatic rings. The number of anilines is 6. The van der Waals surface area contributed by atoms with Crippen molar-refractivity contribution in [2.24, 2.45) is 15.0 Å². The van der Waals surface area contributed by atoms with E-state index in [1.54, 1.807) is 12.4 Å².